The molecular weight excluding hydrogens is 350 g/mol. The van der Waals surface area contributed by atoms with Crippen LogP contribution in [0.15, 0.2) is 43.9 Å². The fourth-order valence-electron chi connectivity index (χ4n) is 1.42. The average Bonchev–Trinajstić information content (AvgIpc) is 2.76. The molecule has 0 radical (unpaired) electrons. The Morgan fingerprint density at radius 3 is 2.74 bits per heavy atom. The van der Waals surface area contributed by atoms with Gasteiger partial charge in [-0.1, -0.05) is 23.9 Å². The SMILES string of the molecule is CC(O)c1cc([N+](=O)[O-])c(Sc2ccccc2Br)s1. The van der Waals surface area contributed by atoms with Crippen LogP contribution in [0.5, 0.6) is 0 Å². The second kappa shape index (κ2) is 6.04. The first kappa shape index (κ1) is 14.5. The summed E-state index contributed by atoms with van der Waals surface area (Å²) in [6, 6.07) is 8.98. The molecule has 1 atom stereocenters. The standard InChI is InChI=1S/C12H10BrNO3S2/c1-7(15)11-6-9(14(16)17)12(19-11)18-10-5-3-2-4-8(10)13/h2-7,15H,1H3. The normalized spacial score (nSPS) is 12.4. The molecule has 0 spiro atoms. The van der Waals surface area contributed by atoms with Gasteiger partial charge in [0.1, 0.15) is 4.21 Å². The molecule has 0 aliphatic heterocycles. The fourth-order valence-corrected chi connectivity index (χ4v) is 4.21. The molecule has 0 saturated heterocycles. The number of aliphatic hydroxyl groups excluding tert-OH is 1. The Morgan fingerprint density at radius 2 is 2.16 bits per heavy atom. The molecule has 19 heavy (non-hydrogen) atoms. The lowest BCUT2D eigenvalue weighted by molar-refractivity contribution is -0.387. The van der Waals surface area contributed by atoms with E-state index in [1.807, 2.05) is 24.3 Å². The highest BCUT2D eigenvalue weighted by molar-refractivity contribution is 9.10. The van der Waals surface area contributed by atoms with Gasteiger partial charge in [-0.25, -0.2) is 0 Å². The Labute approximate surface area is 126 Å². The zero-order chi connectivity index (χ0) is 14.0. The Kier molecular flexibility index (Phi) is 4.62. The third-order valence-corrected chi connectivity index (χ3v) is 5.86. The van der Waals surface area contributed by atoms with Crippen molar-refractivity contribution in [2.45, 2.75) is 22.1 Å². The van der Waals surface area contributed by atoms with Crippen molar-refractivity contribution in [2.24, 2.45) is 0 Å². The molecule has 2 rings (SSSR count). The van der Waals surface area contributed by atoms with Crippen molar-refractivity contribution in [1.82, 2.24) is 0 Å². The van der Waals surface area contributed by atoms with Crippen molar-refractivity contribution in [1.29, 1.82) is 0 Å². The molecule has 1 N–H and O–H groups in total. The first-order valence-corrected chi connectivity index (χ1v) is 7.80. The summed E-state index contributed by atoms with van der Waals surface area (Å²) in [6.45, 7) is 1.60. The second-order valence-corrected chi connectivity index (χ2v) is 7.04. The number of halogens is 1. The van der Waals surface area contributed by atoms with Gasteiger partial charge in [0.25, 0.3) is 5.69 Å². The molecule has 4 nitrogen and oxygen atoms in total. The first-order valence-electron chi connectivity index (χ1n) is 5.37. The van der Waals surface area contributed by atoms with Crippen molar-refractivity contribution < 1.29 is 10.0 Å². The Bertz CT molecular complexity index is 613. The Morgan fingerprint density at radius 1 is 1.47 bits per heavy atom. The minimum absolute atomic E-state index is 0.0432. The molecule has 1 aromatic carbocycles. The maximum absolute atomic E-state index is 11.0. The van der Waals surface area contributed by atoms with Crippen LogP contribution in [0.2, 0.25) is 0 Å². The van der Waals surface area contributed by atoms with Gasteiger partial charge < -0.3 is 5.11 Å². The number of thiophene rings is 1. The Balaban J connectivity index is 2.39. The Hall–Kier alpha value is -0.890. The lowest BCUT2D eigenvalue weighted by Crippen LogP contribution is -1.87. The third-order valence-electron chi connectivity index (χ3n) is 2.35. The molecule has 0 amide bonds. The largest absolute Gasteiger partial charge is 0.388 e. The number of benzene rings is 1. The maximum atomic E-state index is 11.0. The molecule has 1 heterocycles. The zero-order valence-corrected chi connectivity index (χ0v) is 13.1. The molecule has 7 heteroatoms. The minimum atomic E-state index is -0.697. The van der Waals surface area contributed by atoms with Crippen molar-refractivity contribution in [3.8, 4) is 0 Å². The van der Waals surface area contributed by atoms with Crippen LogP contribution in [-0.4, -0.2) is 10.0 Å². The molecule has 1 aromatic heterocycles. The van der Waals surface area contributed by atoms with Gasteiger partial charge in [-0.05, 0) is 35.0 Å². The number of hydrogen-bond acceptors (Lipinski definition) is 5. The lowest BCUT2D eigenvalue weighted by atomic mass is 10.3. The zero-order valence-electron chi connectivity index (χ0n) is 9.87. The predicted molar refractivity (Wildman–Crippen MR) is 79.9 cm³/mol. The van der Waals surface area contributed by atoms with Crippen LogP contribution >= 0.6 is 39.0 Å². The van der Waals surface area contributed by atoms with E-state index in [0.29, 0.717) is 9.09 Å². The van der Waals surface area contributed by atoms with E-state index >= 15 is 0 Å². The number of hydrogen-bond donors (Lipinski definition) is 1. The fraction of sp³-hybridized carbons (Fsp3) is 0.167. The van der Waals surface area contributed by atoms with Gasteiger partial charge in [-0.2, -0.15) is 0 Å². The molecule has 100 valence electrons. The topological polar surface area (TPSA) is 63.4 Å². The van der Waals surface area contributed by atoms with Crippen LogP contribution < -0.4 is 0 Å². The van der Waals surface area contributed by atoms with Gasteiger partial charge in [-0.15, -0.1) is 11.3 Å². The maximum Gasteiger partial charge on any atom is 0.294 e. The van der Waals surface area contributed by atoms with Crippen molar-refractivity contribution >= 4 is 44.7 Å². The first-order chi connectivity index (χ1) is 8.99. The third kappa shape index (κ3) is 3.36. The van der Waals surface area contributed by atoms with Gasteiger partial charge in [0, 0.05) is 20.3 Å². The summed E-state index contributed by atoms with van der Waals surface area (Å²) >= 11 is 5.99. The van der Waals surface area contributed by atoms with Crippen molar-refractivity contribution in [3.63, 3.8) is 0 Å². The van der Waals surface area contributed by atoms with Crippen LogP contribution in [0.1, 0.15) is 17.9 Å². The summed E-state index contributed by atoms with van der Waals surface area (Å²) < 4.78 is 1.47. The summed E-state index contributed by atoms with van der Waals surface area (Å²) in [5.74, 6) is 0. The smallest absolute Gasteiger partial charge is 0.294 e. The van der Waals surface area contributed by atoms with E-state index in [1.54, 1.807) is 6.92 Å². The summed E-state index contributed by atoms with van der Waals surface area (Å²) in [7, 11) is 0. The summed E-state index contributed by atoms with van der Waals surface area (Å²) in [5.41, 5.74) is 0.0432. The van der Waals surface area contributed by atoms with Crippen molar-refractivity contribution in [3.05, 3.63) is 49.8 Å². The molecule has 2 aromatic rings. The van der Waals surface area contributed by atoms with E-state index in [9.17, 15) is 15.2 Å². The van der Waals surface area contributed by atoms with Crippen LogP contribution in [-0.2, 0) is 0 Å². The average molecular weight is 360 g/mol. The van der Waals surface area contributed by atoms with Gasteiger partial charge in [0.2, 0.25) is 0 Å². The number of aliphatic hydroxyl groups is 1. The summed E-state index contributed by atoms with van der Waals surface area (Å²) in [4.78, 5) is 12.1. The molecule has 0 bridgehead atoms. The van der Waals surface area contributed by atoms with E-state index < -0.39 is 11.0 Å². The molecule has 0 fully saturated rings. The number of nitro groups is 1. The van der Waals surface area contributed by atoms with Crippen LogP contribution in [0.4, 0.5) is 5.69 Å². The van der Waals surface area contributed by atoms with Gasteiger partial charge in [0.05, 0.1) is 11.0 Å². The molecule has 0 aliphatic carbocycles. The van der Waals surface area contributed by atoms with Crippen LogP contribution in [0, 0.1) is 10.1 Å². The van der Waals surface area contributed by atoms with Gasteiger partial charge in [0.15, 0.2) is 0 Å². The second-order valence-electron chi connectivity index (χ2n) is 3.79. The highest BCUT2D eigenvalue weighted by Crippen LogP contribution is 2.44. The van der Waals surface area contributed by atoms with E-state index in [4.69, 9.17) is 0 Å². The summed E-state index contributed by atoms with van der Waals surface area (Å²) in [5, 5.41) is 20.6. The molecule has 0 saturated carbocycles. The summed E-state index contributed by atoms with van der Waals surface area (Å²) in [6.07, 6.45) is -0.697. The molecule has 1 unspecified atom stereocenters. The number of rotatable bonds is 4. The van der Waals surface area contributed by atoms with Crippen molar-refractivity contribution in [2.75, 3.05) is 0 Å². The quantitative estimate of drug-likeness (QED) is 0.638. The molecular formula is C12H10BrNO3S2. The van der Waals surface area contributed by atoms with Crippen LogP contribution in [0.25, 0.3) is 0 Å². The van der Waals surface area contributed by atoms with E-state index in [-0.39, 0.29) is 5.69 Å². The minimum Gasteiger partial charge on any atom is -0.388 e. The van der Waals surface area contributed by atoms with E-state index in [2.05, 4.69) is 15.9 Å². The van der Waals surface area contributed by atoms with E-state index in [0.717, 1.165) is 9.37 Å². The molecule has 0 aliphatic rings. The van der Waals surface area contributed by atoms with E-state index in [1.165, 1.54) is 29.2 Å². The highest BCUT2D eigenvalue weighted by atomic mass is 79.9. The number of nitrogens with zero attached hydrogens (tertiary/aromatic N) is 1. The predicted octanol–water partition coefficient (Wildman–Crippen LogP) is 4.62. The van der Waals surface area contributed by atoms with Gasteiger partial charge in [-0.3, -0.25) is 10.1 Å². The highest BCUT2D eigenvalue weighted by Gasteiger charge is 2.22. The lowest BCUT2D eigenvalue weighted by Gasteiger charge is -2.01. The van der Waals surface area contributed by atoms with Gasteiger partial charge >= 0.3 is 0 Å². The monoisotopic (exact) mass is 359 g/mol. The van der Waals surface area contributed by atoms with Crippen LogP contribution in [0.3, 0.4) is 0 Å².